The number of Topliss-reactive ketones (excluding diaryl/α,β-unsaturated/α-hetero) is 1. The number of rotatable bonds is 9. The molecule has 0 aliphatic heterocycles. The van der Waals surface area contributed by atoms with E-state index in [9.17, 15) is 18.0 Å². The first-order valence-electron chi connectivity index (χ1n) is 8.73. The average molecular weight is 420 g/mol. The molecule has 0 bridgehead atoms. The maximum atomic E-state index is 12.2. The predicted molar refractivity (Wildman–Crippen MR) is 109 cm³/mol. The summed E-state index contributed by atoms with van der Waals surface area (Å²) in [4.78, 5) is 23.8. The van der Waals surface area contributed by atoms with Crippen LogP contribution in [0.15, 0.2) is 47.4 Å². The summed E-state index contributed by atoms with van der Waals surface area (Å²) >= 11 is 0. The van der Waals surface area contributed by atoms with Gasteiger partial charge in [-0.1, -0.05) is 0 Å². The summed E-state index contributed by atoms with van der Waals surface area (Å²) in [7, 11) is 0.892. The van der Waals surface area contributed by atoms with E-state index >= 15 is 0 Å². The lowest BCUT2D eigenvalue weighted by atomic mass is 10.1. The van der Waals surface area contributed by atoms with Crippen molar-refractivity contribution in [1.29, 1.82) is 0 Å². The van der Waals surface area contributed by atoms with Crippen molar-refractivity contribution < 1.29 is 27.5 Å². The molecule has 0 radical (unpaired) electrons. The summed E-state index contributed by atoms with van der Waals surface area (Å²) in [5.74, 6) is -0.0435. The standard InChI is InChI=1S/C20H24N2O6S/c1-14(23)15-5-10-19(16(11-15)12-27-4)28-13-20(24)21-17-6-8-18(9-7-17)29(25,26)22(2)3/h5-11H,12-13H2,1-4H3,(H,21,24). The first kappa shape index (κ1) is 22.5. The van der Waals surface area contributed by atoms with Gasteiger partial charge in [0.1, 0.15) is 5.75 Å². The normalized spacial score (nSPS) is 11.3. The van der Waals surface area contributed by atoms with Crippen LogP contribution in [0.1, 0.15) is 22.8 Å². The largest absolute Gasteiger partial charge is 0.483 e. The monoisotopic (exact) mass is 420 g/mol. The minimum absolute atomic E-state index is 0.0774. The van der Waals surface area contributed by atoms with E-state index in [4.69, 9.17) is 9.47 Å². The van der Waals surface area contributed by atoms with Crippen molar-refractivity contribution in [3.63, 3.8) is 0 Å². The third-order valence-corrected chi connectivity index (χ3v) is 5.87. The van der Waals surface area contributed by atoms with Crippen LogP contribution in [0.25, 0.3) is 0 Å². The maximum Gasteiger partial charge on any atom is 0.262 e. The summed E-state index contributed by atoms with van der Waals surface area (Å²) in [6, 6.07) is 10.8. The minimum atomic E-state index is -3.53. The Balaban J connectivity index is 2.02. The summed E-state index contributed by atoms with van der Waals surface area (Å²) < 4.78 is 35.9. The van der Waals surface area contributed by atoms with Gasteiger partial charge in [-0.15, -0.1) is 0 Å². The number of carbonyl (C=O) groups excluding carboxylic acids is 2. The van der Waals surface area contributed by atoms with Crippen LogP contribution >= 0.6 is 0 Å². The van der Waals surface area contributed by atoms with E-state index in [2.05, 4.69) is 5.32 Å². The Morgan fingerprint density at radius 2 is 1.72 bits per heavy atom. The number of nitrogens with one attached hydrogen (secondary N) is 1. The lowest BCUT2D eigenvalue weighted by Crippen LogP contribution is -2.22. The van der Waals surface area contributed by atoms with Crippen molar-refractivity contribution in [2.24, 2.45) is 0 Å². The highest BCUT2D eigenvalue weighted by Gasteiger charge is 2.17. The molecule has 2 aromatic rings. The molecule has 0 unspecified atom stereocenters. The summed E-state index contributed by atoms with van der Waals surface area (Å²) in [5.41, 5.74) is 1.63. The number of benzene rings is 2. The van der Waals surface area contributed by atoms with Crippen molar-refractivity contribution in [2.75, 3.05) is 33.1 Å². The number of methoxy groups -OCH3 is 1. The number of anilines is 1. The van der Waals surface area contributed by atoms with Gasteiger partial charge in [-0.05, 0) is 49.4 Å². The van der Waals surface area contributed by atoms with Gasteiger partial charge in [0.15, 0.2) is 12.4 Å². The first-order chi connectivity index (χ1) is 13.6. The second kappa shape index (κ2) is 9.64. The summed E-state index contributed by atoms with van der Waals surface area (Å²) in [6.07, 6.45) is 0. The molecule has 29 heavy (non-hydrogen) atoms. The molecule has 0 atom stereocenters. The van der Waals surface area contributed by atoms with Gasteiger partial charge in [0.25, 0.3) is 5.91 Å². The van der Waals surface area contributed by atoms with Crippen LogP contribution in [0.2, 0.25) is 0 Å². The molecule has 0 fully saturated rings. The van der Waals surface area contributed by atoms with Crippen molar-refractivity contribution >= 4 is 27.4 Å². The molecular weight excluding hydrogens is 396 g/mol. The molecule has 0 saturated heterocycles. The molecule has 0 heterocycles. The van der Waals surface area contributed by atoms with Gasteiger partial charge in [0.2, 0.25) is 10.0 Å². The van der Waals surface area contributed by atoms with Crippen molar-refractivity contribution in [3.8, 4) is 5.75 Å². The Morgan fingerprint density at radius 3 is 2.28 bits per heavy atom. The molecule has 1 N–H and O–H groups in total. The third kappa shape index (κ3) is 5.86. The summed E-state index contributed by atoms with van der Waals surface area (Å²) in [6.45, 7) is 1.45. The molecule has 0 saturated carbocycles. The van der Waals surface area contributed by atoms with Crippen LogP contribution in [0.4, 0.5) is 5.69 Å². The van der Waals surface area contributed by atoms with Crippen LogP contribution in [0.3, 0.4) is 0 Å². The van der Waals surface area contributed by atoms with Crippen LogP contribution in [-0.2, 0) is 26.2 Å². The molecule has 0 aliphatic rings. The third-order valence-electron chi connectivity index (χ3n) is 4.04. The van der Waals surface area contributed by atoms with Gasteiger partial charge in [0, 0.05) is 38.0 Å². The zero-order chi connectivity index (χ0) is 21.6. The summed E-state index contributed by atoms with van der Waals surface area (Å²) in [5, 5.41) is 2.64. The number of hydrogen-bond donors (Lipinski definition) is 1. The lowest BCUT2D eigenvalue weighted by Gasteiger charge is -2.13. The van der Waals surface area contributed by atoms with E-state index in [1.165, 1.54) is 52.4 Å². The van der Waals surface area contributed by atoms with Gasteiger partial charge >= 0.3 is 0 Å². The molecule has 0 spiro atoms. The van der Waals surface area contributed by atoms with Crippen molar-refractivity contribution in [2.45, 2.75) is 18.4 Å². The fraction of sp³-hybridized carbons (Fsp3) is 0.300. The number of ketones is 1. The minimum Gasteiger partial charge on any atom is -0.483 e. The smallest absolute Gasteiger partial charge is 0.262 e. The molecule has 9 heteroatoms. The van der Waals surface area contributed by atoms with Crippen molar-refractivity contribution in [3.05, 3.63) is 53.6 Å². The van der Waals surface area contributed by atoms with Crippen LogP contribution in [0.5, 0.6) is 5.75 Å². The predicted octanol–water partition coefficient (Wildman–Crippen LogP) is 2.30. The van der Waals surface area contributed by atoms with Crippen LogP contribution in [-0.4, -0.2) is 52.2 Å². The van der Waals surface area contributed by atoms with E-state index in [1.807, 2.05) is 0 Å². The van der Waals surface area contributed by atoms with E-state index in [1.54, 1.807) is 18.2 Å². The lowest BCUT2D eigenvalue weighted by molar-refractivity contribution is -0.118. The van der Waals surface area contributed by atoms with Gasteiger partial charge in [-0.2, -0.15) is 0 Å². The molecule has 1 amide bonds. The molecule has 2 rings (SSSR count). The van der Waals surface area contributed by atoms with Gasteiger partial charge in [-0.25, -0.2) is 12.7 Å². The second-order valence-electron chi connectivity index (χ2n) is 6.46. The van der Waals surface area contributed by atoms with Crippen LogP contribution < -0.4 is 10.1 Å². The molecule has 2 aromatic carbocycles. The second-order valence-corrected chi connectivity index (χ2v) is 8.61. The average Bonchev–Trinajstić information content (AvgIpc) is 2.67. The van der Waals surface area contributed by atoms with E-state index in [-0.39, 0.29) is 23.9 Å². The SMILES string of the molecule is COCc1cc(C(C)=O)ccc1OCC(=O)Nc1ccc(S(=O)(=O)N(C)C)cc1. The van der Waals surface area contributed by atoms with Crippen LogP contribution in [0, 0.1) is 0 Å². The Hall–Kier alpha value is -2.75. The Labute approximate surface area is 170 Å². The highest BCUT2D eigenvalue weighted by Crippen LogP contribution is 2.22. The van der Waals surface area contributed by atoms with E-state index < -0.39 is 15.9 Å². The zero-order valence-corrected chi connectivity index (χ0v) is 17.6. The first-order valence-corrected chi connectivity index (χ1v) is 10.2. The molecule has 0 aliphatic carbocycles. The fourth-order valence-electron chi connectivity index (χ4n) is 2.47. The Bertz CT molecular complexity index is 985. The molecule has 8 nitrogen and oxygen atoms in total. The zero-order valence-electron chi connectivity index (χ0n) is 16.8. The maximum absolute atomic E-state index is 12.2. The topological polar surface area (TPSA) is 102 Å². The number of carbonyl (C=O) groups is 2. The molecule has 0 aromatic heterocycles. The molecular formula is C20H24N2O6S. The van der Waals surface area contributed by atoms with Gasteiger partial charge < -0.3 is 14.8 Å². The van der Waals surface area contributed by atoms with Gasteiger partial charge in [0.05, 0.1) is 11.5 Å². The fourth-order valence-corrected chi connectivity index (χ4v) is 3.37. The van der Waals surface area contributed by atoms with E-state index in [0.717, 1.165) is 4.31 Å². The van der Waals surface area contributed by atoms with Gasteiger partial charge in [-0.3, -0.25) is 9.59 Å². The number of amides is 1. The Morgan fingerprint density at radius 1 is 1.07 bits per heavy atom. The highest BCUT2D eigenvalue weighted by atomic mass is 32.2. The van der Waals surface area contributed by atoms with E-state index in [0.29, 0.717) is 22.6 Å². The number of sulfonamides is 1. The number of hydrogen-bond acceptors (Lipinski definition) is 6. The number of ether oxygens (including phenoxy) is 2. The quantitative estimate of drug-likeness (QED) is 0.625. The Kier molecular flexibility index (Phi) is 7.49. The highest BCUT2D eigenvalue weighted by molar-refractivity contribution is 7.89. The molecule has 156 valence electrons. The van der Waals surface area contributed by atoms with Crippen molar-refractivity contribution in [1.82, 2.24) is 4.31 Å². The number of nitrogens with zero attached hydrogens (tertiary/aromatic N) is 1.